The maximum atomic E-state index is 14.3. The number of ether oxygens (including phenoxy) is 2. The third-order valence-corrected chi connectivity index (χ3v) is 5.27. The second-order valence-electron chi connectivity index (χ2n) is 7.24. The average molecular weight is 396 g/mol. The molecule has 2 unspecified atom stereocenters. The van der Waals surface area contributed by atoms with Crippen LogP contribution in [-0.2, 0) is 4.74 Å². The highest BCUT2D eigenvalue weighted by molar-refractivity contribution is 5.66. The first kappa shape index (κ1) is 17.9. The molecule has 0 spiro atoms. The van der Waals surface area contributed by atoms with Crippen LogP contribution in [0.2, 0.25) is 0 Å². The quantitative estimate of drug-likeness (QED) is 0.685. The van der Waals surface area contributed by atoms with Crippen LogP contribution in [0.25, 0.3) is 11.3 Å². The smallest absolute Gasteiger partial charge is 0.227 e. The minimum Gasteiger partial charge on any atom is -0.497 e. The van der Waals surface area contributed by atoms with Crippen molar-refractivity contribution < 1.29 is 13.9 Å². The lowest BCUT2D eigenvalue weighted by Crippen LogP contribution is -2.43. The summed E-state index contributed by atoms with van der Waals surface area (Å²) in [5.41, 5.74) is 0.977. The van der Waals surface area contributed by atoms with Crippen molar-refractivity contribution >= 4 is 17.6 Å². The van der Waals surface area contributed by atoms with Gasteiger partial charge in [0.05, 0.1) is 25.0 Å². The van der Waals surface area contributed by atoms with Crippen LogP contribution in [0, 0.1) is 5.82 Å². The number of rotatable bonds is 5. The Morgan fingerprint density at radius 1 is 1.17 bits per heavy atom. The molecule has 9 heteroatoms. The van der Waals surface area contributed by atoms with Crippen LogP contribution < -0.4 is 15.0 Å². The van der Waals surface area contributed by atoms with Crippen molar-refractivity contribution in [1.29, 1.82) is 0 Å². The molecule has 1 aromatic carbocycles. The van der Waals surface area contributed by atoms with Gasteiger partial charge in [-0.25, -0.2) is 9.37 Å². The number of benzene rings is 1. The summed E-state index contributed by atoms with van der Waals surface area (Å²) in [6.07, 6.45) is 4.44. The number of H-pyrrole nitrogens is 1. The number of aromatic amines is 1. The summed E-state index contributed by atoms with van der Waals surface area (Å²) < 4.78 is 25.2. The molecule has 2 fully saturated rings. The maximum absolute atomic E-state index is 14.3. The van der Waals surface area contributed by atoms with Crippen molar-refractivity contribution in [2.24, 2.45) is 0 Å². The molecule has 0 saturated carbocycles. The zero-order valence-electron chi connectivity index (χ0n) is 15.9. The first-order valence-electron chi connectivity index (χ1n) is 9.58. The number of morpholine rings is 1. The lowest BCUT2D eigenvalue weighted by Gasteiger charge is -2.32. The number of aromatic nitrogens is 4. The van der Waals surface area contributed by atoms with Crippen molar-refractivity contribution in [2.75, 3.05) is 30.4 Å². The van der Waals surface area contributed by atoms with E-state index in [4.69, 9.17) is 9.47 Å². The number of anilines is 3. The first-order valence-corrected chi connectivity index (χ1v) is 9.58. The predicted octanol–water partition coefficient (Wildman–Crippen LogP) is 3.13. The van der Waals surface area contributed by atoms with Crippen molar-refractivity contribution in [3.63, 3.8) is 0 Å². The summed E-state index contributed by atoms with van der Waals surface area (Å²) in [6, 6.07) is 8.22. The number of nitrogens with zero attached hydrogens (tertiary/aromatic N) is 4. The van der Waals surface area contributed by atoms with E-state index in [1.807, 2.05) is 0 Å². The molecule has 0 aliphatic carbocycles. The van der Waals surface area contributed by atoms with Crippen LogP contribution in [0.1, 0.15) is 12.8 Å². The third kappa shape index (κ3) is 3.61. The Kier molecular flexibility index (Phi) is 4.51. The van der Waals surface area contributed by atoms with Gasteiger partial charge in [-0.3, -0.25) is 5.10 Å². The fourth-order valence-electron chi connectivity index (χ4n) is 3.84. The van der Waals surface area contributed by atoms with E-state index in [2.05, 4.69) is 30.4 Å². The Morgan fingerprint density at radius 2 is 2.00 bits per heavy atom. The number of methoxy groups -OCH3 is 1. The highest BCUT2D eigenvalue weighted by Crippen LogP contribution is 2.29. The van der Waals surface area contributed by atoms with E-state index in [0.717, 1.165) is 25.9 Å². The molecule has 29 heavy (non-hydrogen) atoms. The van der Waals surface area contributed by atoms with Crippen LogP contribution in [0.5, 0.6) is 5.75 Å². The van der Waals surface area contributed by atoms with Gasteiger partial charge in [0, 0.05) is 37.0 Å². The van der Waals surface area contributed by atoms with Gasteiger partial charge in [0.1, 0.15) is 17.4 Å². The zero-order valence-corrected chi connectivity index (χ0v) is 15.9. The minimum absolute atomic E-state index is 0.266. The second kappa shape index (κ2) is 7.32. The van der Waals surface area contributed by atoms with Gasteiger partial charge in [-0.05, 0) is 31.0 Å². The van der Waals surface area contributed by atoms with E-state index >= 15 is 0 Å². The highest BCUT2D eigenvalue weighted by Gasteiger charge is 2.34. The van der Waals surface area contributed by atoms with Crippen molar-refractivity contribution in [3.05, 3.63) is 42.3 Å². The second-order valence-corrected chi connectivity index (χ2v) is 7.24. The lowest BCUT2D eigenvalue weighted by atomic mass is 10.1. The molecule has 2 N–H and O–H groups in total. The van der Waals surface area contributed by atoms with E-state index < -0.39 is 0 Å². The highest BCUT2D eigenvalue weighted by atomic mass is 19.1. The fourth-order valence-corrected chi connectivity index (χ4v) is 3.84. The molecule has 0 amide bonds. The molecule has 150 valence electrons. The molecule has 3 aromatic rings. The van der Waals surface area contributed by atoms with E-state index in [0.29, 0.717) is 34.6 Å². The topological polar surface area (TPSA) is 88.2 Å². The molecule has 2 atom stereocenters. The van der Waals surface area contributed by atoms with Gasteiger partial charge in [-0.2, -0.15) is 10.1 Å². The molecule has 2 bridgehead atoms. The average Bonchev–Trinajstić information content (AvgIpc) is 3.33. The van der Waals surface area contributed by atoms with Gasteiger partial charge >= 0.3 is 0 Å². The molecule has 0 radical (unpaired) electrons. The van der Waals surface area contributed by atoms with Gasteiger partial charge in [-0.1, -0.05) is 0 Å². The molecule has 2 aromatic heterocycles. The number of fused-ring (bicyclic) bond motifs is 2. The molecule has 2 aliphatic heterocycles. The van der Waals surface area contributed by atoms with Crippen LogP contribution in [-0.4, -0.2) is 52.6 Å². The molecule has 5 rings (SSSR count). The predicted molar refractivity (Wildman–Crippen MR) is 106 cm³/mol. The molecule has 4 heterocycles. The fraction of sp³-hybridized carbons (Fsp3) is 0.350. The number of hydrogen-bond acceptors (Lipinski definition) is 7. The molecule has 2 aliphatic rings. The Labute approximate surface area is 167 Å². The standard InChI is InChI=1S/C20H21FN6O2/c1-28-12-4-5-15(16(21)8-12)17-9-19(26-25-17)23-18-6-7-22-20(24-18)27-10-13-2-3-14(11-27)29-13/h4-9,13-14H,2-3,10-11H2,1H3,(H2,22,23,24,25,26). The van der Waals surface area contributed by atoms with E-state index in [9.17, 15) is 4.39 Å². The summed E-state index contributed by atoms with van der Waals surface area (Å²) in [7, 11) is 1.50. The number of hydrogen-bond donors (Lipinski definition) is 2. The van der Waals surface area contributed by atoms with Gasteiger partial charge in [0.15, 0.2) is 5.82 Å². The van der Waals surface area contributed by atoms with Crippen LogP contribution in [0.4, 0.5) is 22.0 Å². The van der Waals surface area contributed by atoms with E-state index in [1.54, 1.807) is 30.5 Å². The van der Waals surface area contributed by atoms with Crippen LogP contribution in [0.15, 0.2) is 36.5 Å². The van der Waals surface area contributed by atoms with Crippen molar-refractivity contribution in [3.8, 4) is 17.0 Å². The molecular weight excluding hydrogens is 375 g/mol. The molecule has 2 saturated heterocycles. The zero-order chi connectivity index (χ0) is 19.8. The largest absolute Gasteiger partial charge is 0.497 e. The Hall–Kier alpha value is -3.20. The summed E-state index contributed by atoms with van der Waals surface area (Å²) >= 11 is 0. The van der Waals surface area contributed by atoms with Gasteiger partial charge in [0.25, 0.3) is 0 Å². The monoisotopic (exact) mass is 396 g/mol. The minimum atomic E-state index is -0.384. The Morgan fingerprint density at radius 3 is 2.76 bits per heavy atom. The Bertz CT molecular complexity index is 1010. The summed E-state index contributed by atoms with van der Waals surface area (Å²) in [6.45, 7) is 1.62. The van der Waals surface area contributed by atoms with Crippen LogP contribution >= 0.6 is 0 Å². The maximum Gasteiger partial charge on any atom is 0.227 e. The lowest BCUT2D eigenvalue weighted by molar-refractivity contribution is 0.0299. The third-order valence-electron chi connectivity index (χ3n) is 5.27. The SMILES string of the molecule is COc1ccc(-c2cc(Nc3ccnc(N4CC5CCC(C4)O5)n3)n[nH]2)c(F)c1. The van der Waals surface area contributed by atoms with E-state index in [1.165, 1.54) is 13.2 Å². The van der Waals surface area contributed by atoms with Crippen LogP contribution in [0.3, 0.4) is 0 Å². The number of halogens is 1. The van der Waals surface area contributed by atoms with Crippen molar-refractivity contribution in [2.45, 2.75) is 25.0 Å². The summed E-state index contributed by atoms with van der Waals surface area (Å²) in [5.74, 6) is 1.93. The Balaban J connectivity index is 1.32. The molecular formula is C20H21FN6O2. The first-order chi connectivity index (χ1) is 14.2. The number of nitrogens with one attached hydrogen (secondary N) is 2. The molecule has 8 nitrogen and oxygen atoms in total. The normalized spacial score (nSPS) is 20.7. The summed E-state index contributed by atoms with van der Waals surface area (Å²) in [5, 5.41) is 10.2. The van der Waals surface area contributed by atoms with Gasteiger partial charge in [0.2, 0.25) is 5.95 Å². The van der Waals surface area contributed by atoms with E-state index in [-0.39, 0.29) is 18.0 Å². The van der Waals surface area contributed by atoms with Gasteiger partial charge in [-0.15, -0.1) is 0 Å². The van der Waals surface area contributed by atoms with Crippen molar-refractivity contribution in [1.82, 2.24) is 20.2 Å². The van der Waals surface area contributed by atoms with Gasteiger partial charge < -0.3 is 19.7 Å². The summed E-state index contributed by atoms with van der Waals surface area (Å²) in [4.78, 5) is 11.2.